The number of aromatic nitrogens is 4. The van der Waals surface area contributed by atoms with E-state index < -0.39 is 0 Å². The number of carbonyl (C=O) groups is 1. The quantitative estimate of drug-likeness (QED) is 0.488. The first-order valence-electron chi connectivity index (χ1n) is 9.64. The van der Waals surface area contributed by atoms with Crippen molar-refractivity contribution in [2.45, 2.75) is 25.7 Å². The average Bonchev–Trinajstić information content (AvgIpc) is 3.15. The van der Waals surface area contributed by atoms with E-state index in [0.29, 0.717) is 12.0 Å². The van der Waals surface area contributed by atoms with Gasteiger partial charge < -0.3 is 0 Å². The Kier molecular flexibility index (Phi) is 3.91. The lowest BCUT2D eigenvalue weighted by Gasteiger charge is -2.29. The van der Waals surface area contributed by atoms with Crippen LogP contribution in [-0.2, 0) is 10.2 Å². The first kappa shape index (κ1) is 17.5. The van der Waals surface area contributed by atoms with Crippen LogP contribution in [0.25, 0.3) is 27.8 Å². The Morgan fingerprint density at radius 1 is 1.17 bits per heavy atom. The molecule has 0 aliphatic heterocycles. The second-order valence-electron chi connectivity index (χ2n) is 7.75. The molecule has 1 unspecified atom stereocenters. The van der Waals surface area contributed by atoms with Crippen LogP contribution < -0.4 is 0 Å². The summed E-state index contributed by atoms with van der Waals surface area (Å²) < 4.78 is 1.81. The molecule has 0 fully saturated rings. The molecule has 0 radical (unpaired) electrons. The zero-order valence-electron chi connectivity index (χ0n) is 16.3. The SMILES string of the molecule is Cc1cc2ncc3cc(-c4ccccc4)c(C4(C)C=CC(C=O)=CC4)nc3n2n1. The summed E-state index contributed by atoms with van der Waals surface area (Å²) in [7, 11) is 0. The number of pyridine rings is 1. The number of allylic oxidation sites excluding steroid dienone is 4. The van der Waals surface area contributed by atoms with Crippen molar-refractivity contribution in [3.05, 3.63) is 83.9 Å². The molecule has 29 heavy (non-hydrogen) atoms. The largest absolute Gasteiger partial charge is 0.298 e. The number of carbonyl (C=O) groups excluding carboxylic acids is 1. The number of rotatable bonds is 3. The number of fused-ring (bicyclic) bond motifs is 3. The molecule has 1 aliphatic carbocycles. The minimum atomic E-state index is -0.330. The summed E-state index contributed by atoms with van der Waals surface area (Å²) in [6.07, 6.45) is 9.42. The maximum atomic E-state index is 11.2. The van der Waals surface area contributed by atoms with Gasteiger partial charge in [-0.25, -0.2) is 9.97 Å². The molecule has 0 saturated heterocycles. The lowest BCUT2D eigenvalue weighted by Crippen LogP contribution is -2.23. The number of hydrogen-bond donors (Lipinski definition) is 0. The van der Waals surface area contributed by atoms with Gasteiger partial charge in [-0.3, -0.25) is 4.79 Å². The monoisotopic (exact) mass is 380 g/mol. The van der Waals surface area contributed by atoms with E-state index in [9.17, 15) is 4.79 Å². The number of aldehydes is 1. The van der Waals surface area contributed by atoms with Crippen LogP contribution in [0.2, 0.25) is 0 Å². The predicted octanol–water partition coefficient (Wildman–Crippen LogP) is 4.60. The minimum Gasteiger partial charge on any atom is -0.298 e. The molecule has 4 aromatic rings. The van der Waals surface area contributed by atoms with Crippen molar-refractivity contribution in [2.24, 2.45) is 0 Å². The van der Waals surface area contributed by atoms with E-state index in [1.165, 1.54) is 0 Å². The van der Waals surface area contributed by atoms with E-state index in [0.717, 1.165) is 45.5 Å². The van der Waals surface area contributed by atoms with Gasteiger partial charge in [0.05, 0.1) is 11.4 Å². The van der Waals surface area contributed by atoms with Crippen molar-refractivity contribution < 1.29 is 4.79 Å². The summed E-state index contributed by atoms with van der Waals surface area (Å²) in [6, 6.07) is 14.4. The molecule has 5 nitrogen and oxygen atoms in total. The number of aryl methyl sites for hydroxylation is 1. The molecular weight excluding hydrogens is 360 g/mol. The molecule has 1 atom stereocenters. The molecule has 0 spiro atoms. The van der Waals surface area contributed by atoms with E-state index in [1.54, 1.807) is 0 Å². The standard InChI is InChI=1S/C24H20N4O/c1-16-12-21-25-14-19-13-20(18-6-4-3-5-7-18)22(26-23(19)28(21)27-16)24(2)10-8-17(15-29)9-11-24/h3-10,12-15H,11H2,1-2H3. The Bertz CT molecular complexity index is 1320. The van der Waals surface area contributed by atoms with Gasteiger partial charge in [-0.1, -0.05) is 55.5 Å². The van der Waals surface area contributed by atoms with Crippen molar-refractivity contribution >= 4 is 23.0 Å². The second-order valence-corrected chi connectivity index (χ2v) is 7.75. The predicted molar refractivity (Wildman–Crippen MR) is 114 cm³/mol. The maximum Gasteiger partial charge on any atom is 0.164 e. The normalized spacial score (nSPS) is 18.9. The van der Waals surface area contributed by atoms with Gasteiger partial charge in [0.25, 0.3) is 0 Å². The molecule has 0 saturated carbocycles. The maximum absolute atomic E-state index is 11.2. The minimum absolute atomic E-state index is 0.330. The van der Waals surface area contributed by atoms with Crippen molar-refractivity contribution in [3.63, 3.8) is 0 Å². The van der Waals surface area contributed by atoms with Gasteiger partial charge in [-0.15, -0.1) is 0 Å². The molecule has 142 valence electrons. The molecule has 3 heterocycles. The fourth-order valence-electron chi connectivity index (χ4n) is 3.94. The van der Waals surface area contributed by atoms with Gasteiger partial charge in [0, 0.05) is 34.2 Å². The van der Waals surface area contributed by atoms with Crippen molar-refractivity contribution in [1.29, 1.82) is 0 Å². The van der Waals surface area contributed by atoms with Crippen LogP contribution in [0.3, 0.4) is 0 Å². The fourth-order valence-corrected chi connectivity index (χ4v) is 3.94. The van der Waals surface area contributed by atoms with Crippen LogP contribution in [0, 0.1) is 6.92 Å². The second kappa shape index (κ2) is 6.48. The molecule has 5 rings (SSSR count). The number of benzene rings is 1. The first-order valence-corrected chi connectivity index (χ1v) is 9.64. The van der Waals surface area contributed by atoms with Crippen LogP contribution in [0.4, 0.5) is 0 Å². The van der Waals surface area contributed by atoms with Crippen LogP contribution in [0.15, 0.2) is 72.5 Å². The van der Waals surface area contributed by atoms with Gasteiger partial charge in [-0.05, 0) is 25.0 Å². The molecule has 1 aromatic carbocycles. The van der Waals surface area contributed by atoms with Gasteiger partial charge in [0.1, 0.15) is 6.29 Å². The Morgan fingerprint density at radius 3 is 2.72 bits per heavy atom. The third kappa shape index (κ3) is 2.86. The zero-order chi connectivity index (χ0) is 20.0. The zero-order valence-corrected chi connectivity index (χ0v) is 16.3. The smallest absolute Gasteiger partial charge is 0.164 e. The number of hydrogen-bond acceptors (Lipinski definition) is 4. The Labute approximate surface area is 168 Å². The lowest BCUT2D eigenvalue weighted by atomic mass is 9.76. The van der Waals surface area contributed by atoms with E-state index in [2.05, 4.69) is 41.3 Å². The third-order valence-corrected chi connectivity index (χ3v) is 5.55. The summed E-state index contributed by atoms with van der Waals surface area (Å²) in [5.41, 5.74) is 6.00. The van der Waals surface area contributed by atoms with Gasteiger partial charge in [-0.2, -0.15) is 9.61 Å². The highest BCUT2D eigenvalue weighted by atomic mass is 16.1. The number of nitrogens with zero attached hydrogens (tertiary/aromatic N) is 4. The Balaban J connectivity index is 1.81. The topological polar surface area (TPSA) is 60.2 Å². The molecule has 5 heteroatoms. The van der Waals surface area contributed by atoms with E-state index in [1.807, 2.05) is 54.1 Å². The van der Waals surface area contributed by atoms with Crippen LogP contribution in [-0.4, -0.2) is 25.9 Å². The van der Waals surface area contributed by atoms with E-state index in [4.69, 9.17) is 4.98 Å². The summed E-state index contributed by atoms with van der Waals surface area (Å²) >= 11 is 0. The molecule has 3 aromatic heterocycles. The molecular formula is C24H20N4O. The summed E-state index contributed by atoms with van der Waals surface area (Å²) in [5, 5.41) is 5.53. The van der Waals surface area contributed by atoms with Crippen molar-refractivity contribution in [2.75, 3.05) is 0 Å². The van der Waals surface area contributed by atoms with Crippen LogP contribution >= 0.6 is 0 Å². The summed E-state index contributed by atoms with van der Waals surface area (Å²) in [5.74, 6) is 0. The molecule has 0 N–H and O–H groups in total. The summed E-state index contributed by atoms with van der Waals surface area (Å²) in [6.45, 7) is 4.12. The molecule has 0 amide bonds. The van der Waals surface area contributed by atoms with Crippen molar-refractivity contribution in [3.8, 4) is 11.1 Å². The lowest BCUT2D eigenvalue weighted by molar-refractivity contribution is -0.104. The highest BCUT2D eigenvalue weighted by Gasteiger charge is 2.30. The Morgan fingerprint density at radius 2 is 2.00 bits per heavy atom. The van der Waals surface area contributed by atoms with Gasteiger partial charge in [0.15, 0.2) is 11.3 Å². The van der Waals surface area contributed by atoms with Crippen molar-refractivity contribution in [1.82, 2.24) is 19.6 Å². The van der Waals surface area contributed by atoms with Crippen LogP contribution in [0.1, 0.15) is 24.7 Å². The Hall–Kier alpha value is -3.60. The fraction of sp³-hybridized carbons (Fsp3) is 0.167. The molecule has 1 aliphatic rings. The van der Waals surface area contributed by atoms with Gasteiger partial charge >= 0.3 is 0 Å². The molecule has 0 bridgehead atoms. The van der Waals surface area contributed by atoms with Gasteiger partial charge in [0.2, 0.25) is 0 Å². The highest BCUT2D eigenvalue weighted by Crippen LogP contribution is 2.39. The summed E-state index contributed by atoms with van der Waals surface area (Å²) in [4.78, 5) is 20.8. The van der Waals surface area contributed by atoms with Crippen LogP contribution in [0.5, 0.6) is 0 Å². The van der Waals surface area contributed by atoms with E-state index >= 15 is 0 Å². The highest BCUT2D eigenvalue weighted by molar-refractivity contribution is 5.85. The third-order valence-electron chi connectivity index (χ3n) is 5.55. The average molecular weight is 380 g/mol. The van der Waals surface area contributed by atoms with E-state index in [-0.39, 0.29) is 5.41 Å². The first-order chi connectivity index (χ1) is 14.1.